The molecule has 0 fully saturated rings. The maximum atomic E-state index is 12.0. The molecule has 1 N–H and O–H groups in total. The molecule has 0 bridgehead atoms. The largest absolute Gasteiger partial charge is 0.379 e. The molecule has 0 aromatic heterocycles. The van der Waals surface area contributed by atoms with Crippen LogP contribution in [0.3, 0.4) is 0 Å². The summed E-state index contributed by atoms with van der Waals surface area (Å²) in [5.74, 6) is 0.393. The van der Waals surface area contributed by atoms with E-state index in [1.807, 2.05) is 0 Å². The molecule has 0 heterocycles. The molecule has 0 aliphatic heterocycles. The third-order valence-corrected chi connectivity index (χ3v) is 5.05. The van der Waals surface area contributed by atoms with Crippen molar-refractivity contribution in [3.8, 4) is 0 Å². The first kappa shape index (κ1) is 16.4. The van der Waals surface area contributed by atoms with Crippen molar-refractivity contribution in [2.75, 3.05) is 25.6 Å². The predicted molar refractivity (Wildman–Crippen MR) is 78.6 cm³/mol. The van der Waals surface area contributed by atoms with E-state index < -0.39 is 10.0 Å². The van der Waals surface area contributed by atoms with Crippen molar-refractivity contribution in [2.45, 2.75) is 4.90 Å². The minimum absolute atomic E-state index is 0.189. The number of sulfonamides is 1. The van der Waals surface area contributed by atoms with Gasteiger partial charge in [-0.1, -0.05) is 15.9 Å². The molecule has 0 saturated heterocycles. The molecule has 8 heteroatoms. The topological polar surface area (TPSA) is 55.4 Å². The zero-order valence-corrected chi connectivity index (χ0v) is 14.1. The van der Waals surface area contributed by atoms with Crippen LogP contribution in [0.4, 0.5) is 0 Å². The van der Waals surface area contributed by atoms with E-state index in [9.17, 15) is 8.42 Å². The predicted octanol–water partition coefficient (Wildman–Crippen LogP) is 2.75. The Kier molecular flexibility index (Phi) is 7.12. The summed E-state index contributed by atoms with van der Waals surface area (Å²) in [6.45, 7) is 0.902. The van der Waals surface area contributed by atoms with Crippen LogP contribution in [0.1, 0.15) is 0 Å². The third kappa shape index (κ3) is 5.14. The lowest BCUT2D eigenvalue weighted by molar-refractivity contribution is 0.155. The Labute approximate surface area is 128 Å². The molecule has 0 radical (unpaired) electrons. The fourth-order valence-corrected chi connectivity index (χ4v) is 3.79. The van der Waals surface area contributed by atoms with Crippen LogP contribution >= 0.6 is 43.5 Å². The molecule has 102 valence electrons. The Hall–Kier alpha value is 0.340. The maximum Gasteiger partial charge on any atom is 0.241 e. The average Bonchev–Trinajstić information content (AvgIpc) is 2.32. The summed E-state index contributed by atoms with van der Waals surface area (Å²) in [5, 5.41) is 0. The van der Waals surface area contributed by atoms with E-state index in [-0.39, 0.29) is 18.0 Å². The number of halogens is 3. The Balaban J connectivity index is 2.66. The van der Waals surface area contributed by atoms with Gasteiger partial charge >= 0.3 is 0 Å². The molecule has 0 aliphatic carbocycles. The summed E-state index contributed by atoms with van der Waals surface area (Å²) in [7, 11) is -3.54. The van der Waals surface area contributed by atoms with Crippen molar-refractivity contribution in [1.29, 1.82) is 0 Å². The molecule has 1 aromatic carbocycles. The summed E-state index contributed by atoms with van der Waals surface area (Å²) in [5.41, 5.74) is 0. The molecule has 4 nitrogen and oxygen atoms in total. The van der Waals surface area contributed by atoms with Gasteiger partial charge in [-0.3, -0.25) is 0 Å². The van der Waals surface area contributed by atoms with Crippen molar-refractivity contribution < 1.29 is 13.2 Å². The monoisotopic (exact) mass is 419 g/mol. The minimum Gasteiger partial charge on any atom is -0.379 e. The van der Waals surface area contributed by atoms with E-state index in [0.717, 1.165) is 0 Å². The van der Waals surface area contributed by atoms with Crippen LogP contribution in [-0.4, -0.2) is 34.1 Å². The van der Waals surface area contributed by atoms with Gasteiger partial charge in [0.15, 0.2) is 0 Å². The zero-order valence-electron chi connectivity index (χ0n) is 9.33. The average molecular weight is 422 g/mol. The molecule has 0 amide bonds. The summed E-state index contributed by atoms with van der Waals surface area (Å²) in [4.78, 5) is 0.189. The first-order valence-corrected chi connectivity index (χ1v) is 8.66. The van der Waals surface area contributed by atoms with Gasteiger partial charge in [-0.25, -0.2) is 13.1 Å². The highest BCUT2D eigenvalue weighted by molar-refractivity contribution is 9.11. The quantitative estimate of drug-likeness (QED) is 0.544. The van der Waals surface area contributed by atoms with Gasteiger partial charge in [-0.15, -0.1) is 11.6 Å². The number of nitrogens with one attached hydrogen (secondary N) is 1. The summed E-state index contributed by atoms with van der Waals surface area (Å²) in [6, 6.07) is 4.96. The molecule has 1 rings (SSSR count). The summed E-state index contributed by atoms with van der Waals surface area (Å²) < 4.78 is 32.7. The Morgan fingerprint density at radius 3 is 2.67 bits per heavy atom. The van der Waals surface area contributed by atoms with Gasteiger partial charge in [0.2, 0.25) is 10.0 Å². The van der Waals surface area contributed by atoms with Gasteiger partial charge < -0.3 is 4.74 Å². The lowest BCUT2D eigenvalue weighted by Crippen LogP contribution is -2.28. The number of hydrogen-bond acceptors (Lipinski definition) is 3. The second kappa shape index (κ2) is 7.81. The third-order valence-electron chi connectivity index (χ3n) is 1.94. The van der Waals surface area contributed by atoms with Crippen LogP contribution < -0.4 is 4.72 Å². The number of alkyl halides is 1. The number of benzene rings is 1. The van der Waals surface area contributed by atoms with Crippen LogP contribution in [0.2, 0.25) is 0 Å². The first-order chi connectivity index (χ1) is 8.47. The first-order valence-electron chi connectivity index (χ1n) is 5.06. The number of hydrogen-bond donors (Lipinski definition) is 1. The Morgan fingerprint density at radius 1 is 1.28 bits per heavy atom. The fraction of sp³-hybridized carbons (Fsp3) is 0.400. The lowest BCUT2D eigenvalue weighted by atomic mass is 10.4. The summed E-state index contributed by atoms with van der Waals surface area (Å²) in [6.07, 6.45) is 0. The van der Waals surface area contributed by atoms with Gasteiger partial charge in [0.1, 0.15) is 0 Å². The molecule has 0 unspecified atom stereocenters. The normalized spacial score (nSPS) is 11.7. The summed E-state index contributed by atoms with van der Waals surface area (Å²) >= 11 is 11.9. The second-order valence-electron chi connectivity index (χ2n) is 3.27. The van der Waals surface area contributed by atoms with Crippen LogP contribution in [0.15, 0.2) is 32.0 Å². The van der Waals surface area contributed by atoms with Crippen LogP contribution in [0.5, 0.6) is 0 Å². The van der Waals surface area contributed by atoms with E-state index in [1.165, 1.54) is 6.07 Å². The van der Waals surface area contributed by atoms with E-state index in [4.69, 9.17) is 16.3 Å². The Bertz CT molecular complexity index is 496. The van der Waals surface area contributed by atoms with Crippen molar-refractivity contribution >= 4 is 53.5 Å². The van der Waals surface area contributed by atoms with Gasteiger partial charge in [-0.05, 0) is 34.1 Å². The smallest absolute Gasteiger partial charge is 0.241 e. The molecule has 0 atom stereocenters. The highest BCUT2D eigenvalue weighted by atomic mass is 79.9. The molecule has 0 saturated carbocycles. The van der Waals surface area contributed by atoms with E-state index in [2.05, 4.69) is 36.6 Å². The lowest BCUT2D eigenvalue weighted by Gasteiger charge is -2.09. The van der Waals surface area contributed by atoms with Crippen LogP contribution in [-0.2, 0) is 14.8 Å². The SMILES string of the molecule is O=S(=O)(NCCOCCCl)c1cc(Br)ccc1Br. The molecule has 18 heavy (non-hydrogen) atoms. The van der Waals surface area contributed by atoms with Crippen LogP contribution in [0, 0.1) is 0 Å². The van der Waals surface area contributed by atoms with E-state index in [1.54, 1.807) is 12.1 Å². The van der Waals surface area contributed by atoms with Crippen molar-refractivity contribution in [3.63, 3.8) is 0 Å². The highest BCUT2D eigenvalue weighted by Gasteiger charge is 2.17. The second-order valence-corrected chi connectivity index (χ2v) is 7.16. The van der Waals surface area contributed by atoms with Crippen molar-refractivity contribution in [2.24, 2.45) is 0 Å². The number of rotatable bonds is 7. The van der Waals surface area contributed by atoms with E-state index in [0.29, 0.717) is 21.4 Å². The maximum absolute atomic E-state index is 12.0. The van der Waals surface area contributed by atoms with Crippen molar-refractivity contribution in [1.82, 2.24) is 4.72 Å². The molecule has 0 aliphatic rings. The van der Waals surface area contributed by atoms with Gasteiger partial charge in [-0.2, -0.15) is 0 Å². The number of ether oxygens (including phenoxy) is 1. The van der Waals surface area contributed by atoms with Gasteiger partial charge in [0, 0.05) is 21.4 Å². The minimum atomic E-state index is -3.54. The Morgan fingerprint density at radius 2 is 2.00 bits per heavy atom. The van der Waals surface area contributed by atoms with E-state index >= 15 is 0 Å². The van der Waals surface area contributed by atoms with Gasteiger partial charge in [0.05, 0.1) is 18.1 Å². The fourth-order valence-electron chi connectivity index (χ4n) is 1.17. The zero-order chi connectivity index (χ0) is 13.6. The molecule has 1 aromatic rings. The molecule has 0 spiro atoms. The standard InChI is InChI=1S/C10H12Br2ClNO3S/c11-8-1-2-9(12)10(7-8)18(15,16)14-4-6-17-5-3-13/h1-2,7,14H,3-6H2. The highest BCUT2D eigenvalue weighted by Crippen LogP contribution is 2.25. The van der Waals surface area contributed by atoms with Crippen molar-refractivity contribution in [3.05, 3.63) is 27.1 Å². The van der Waals surface area contributed by atoms with Gasteiger partial charge in [0.25, 0.3) is 0 Å². The van der Waals surface area contributed by atoms with Crippen LogP contribution in [0.25, 0.3) is 0 Å². The molecular weight excluding hydrogens is 409 g/mol. The molecular formula is C10H12Br2ClNO3S.